The zero-order chi connectivity index (χ0) is 20.2. The number of benzene rings is 2. The van der Waals surface area contributed by atoms with Crippen molar-refractivity contribution in [3.8, 4) is 0 Å². The highest BCUT2D eigenvalue weighted by Gasteiger charge is 2.25. The van der Waals surface area contributed by atoms with E-state index in [1.807, 2.05) is 0 Å². The van der Waals surface area contributed by atoms with Crippen molar-refractivity contribution in [2.24, 2.45) is 0 Å². The SMILES string of the molecule is O=C(/C=C/c1ccc(C(=O)NC2CC2)cc1)Nc1ccccc1C(=O)NC1CC1. The lowest BCUT2D eigenvalue weighted by molar-refractivity contribution is -0.111. The number of hydrogen-bond donors (Lipinski definition) is 3. The van der Waals surface area contributed by atoms with Crippen molar-refractivity contribution < 1.29 is 14.4 Å². The number of carbonyl (C=O) groups excluding carboxylic acids is 3. The molecule has 0 radical (unpaired) electrons. The van der Waals surface area contributed by atoms with Crippen molar-refractivity contribution in [1.29, 1.82) is 0 Å². The summed E-state index contributed by atoms with van der Waals surface area (Å²) in [6.45, 7) is 0. The maximum absolute atomic E-state index is 12.3. The fraction of sp³-hybridized carbons (Fsp3) is 0.261. The number of para-hydroxylation sites is 1. The summed E-state index contributed by atoms with van der Waals surface area (Å²) >= 11 is 0. The minimum atomic E-state index is -0.327. The summed E-state index contributed by atoms with van der Waals surface area (Å²) in [5, 5.41) is 8.64. The van der Waals surface area contributed by atoms with Crippen molar-refractivity contribution in [2.45, 2.75) is 37.8 Å². The number of anilines is 1. The number of nitrogens with one attached hydrogen (secondary N) is 3. The van der Waals surface area contributed by atoms with E-state index in [4.69, 9.17) is 0 Å². The second-order valence-corrected chi connectivity index (χ2v) is 7.49. The Labute approximate surface area is 169 Å². The summed E-state index contributed by atoms with van der Waals surface area (Å²) in [7, 11) is 0. The van der Waals surface area contributed by atoms with Crippen LogP contribution in [0.4, 0.5) is 5.69 Å². The fourth-order valence-corrected chi connectivity index (χ4v) is 2.87. The zero-order valence-electron chi connectivity index (χ0n) is 16.0. The minimum absolute atomic E-state index is 0.0677. The molecule has 2 aliphatic rings. The van der Waals surface area contributed by atoms with Crippen molar-refractivity contribution in [2.75, 3.05) is 5.32 Å². The first-order valence-corrected chi connectivity index (χ1v) is 9.88. The molecule has 6 heteroatoms. The van der Waals surface area contributed by atoms with E-state index in [9.17, 15) is 14.4 Å². The monoisotopic (exact) mass is 389 g/mol. The molecule has 2 aromatic carbocycles. The Balaban J connectivity index is 1.36. The van der Waals surface area contributed by atoms with Crippen LogP contribution in [0.5, 0.6) is 0 Å². The van der Waals surface area contributed by atoms with Crippen molar-refractivity contribution >= 4 is 29.5 Å². The van der Waals surface area contributed by atoms with Crippen molar-refractivity contribution in [1.82, 2.24) is 10.6 Å². The summed E-state index contributed by atoms with van der Waals surface area (Å²) < 4.78 is 0. The van der Waals surface area contributed by atoms with E-state index >= 15 is 0 Å². The van der Waals surface area contributed by atoms with Gasteiger partial charge < -0.3 is 16.0 Å². The van der Waals surface area contributed by atoms with Crippen LogP contribution >= 0.6 is 0 Å². The summed E-state index contributed by atoms with van der Waals surface area (Å²) in [4.78, 5) is 36.6. The average Bonchev–Trinajstić information content (AvgIpc) is 3.64. The van der Waals surface area contributed by atoms with Crippen LogP contribution in [0.3, 0.4) is 0 Å². The topological polar surface area (TPSA) is 87.3 Å². The van der Waals surface area contributed by atoms with Crippen LogP contribution in [0.15, 0.2) is 54.6 Å². The van der Waals surface area contributed by atoms with Crippen molar-refractivity contribution in [3.63, 3.8) is 0 Å². The molecule has 0 unspecified atom stereocenters. The standard InChI is InChI=1S/C23H23N3O3/c27-21(26-20-4-2-1-3-19(20)23(29)25-18-12-13-18)14-7-15-5-8-16(9-6-15)22(28)24-17-10-11-17/h1-9,14,17-18H,10-13H2,(H,24,28)(H,25,29)(H,26,27)/b14-7+. The Kier molecular flexibility index (Phi) is 5.42. The number of hydrogen-bond acceptors (Lipinski definition) is 3. The summed E-state index contributed by atoms with van der Waals surface area (Å²) in [6.07, 6.45) is 7.19. The van der Waals surface area contributed by atoms with Gasteiger partial charge in [-0.25, -0.2) is 0 Å². The highest BCUT2D eigenvalue weighted by molar-refractivity contribution is 6.07. The third kappa shape index (κ3) is 5.31. The minimum Gasteiger partial charge on any atom is -0.349 e. The largest absolute Gasteiger partial charge is 0.349 e. The van der Waals surface area contributed by atoms with E-state index in [0.717, 1.165) is 31.2 Å². The molecule has 2 saturated carbocycles. The summed E-state index contributed by atoms with van der Waals surface area (Å²) in [5.41, 5.74) is 2.34. The molecule has 0 saturated heterocycles. The Morgan fingerprint density at radius 1 is 0.793 bits per heavy atom. The van der Waals surface area contributed by atoms with Gasteiger partial charge in [-0.3, -0.25) is 14.4 Å². The quantitative estimate of drug-likeness (QED) is 0.636. The maximum atomic E-state index is 12.3. The fourth-order valence-electron chi connectivity index (χ4n) is 2.87. The molecule has 0 bridgehead atoms. The van der Waals surface area contributed by atoms with Gasteiger partial charge in [-0.2, -0.15) is 0 Å². The predicted octanol–water partition coefficient (Wildman–Crippen LogP) is 3.12. The number of rotatable bonds is 7. The second-order valence-electron chi connectivity index (χ2n) is 7.49. The van der Waals surface area contributed by atoms with Gasteiger partial charge in [0.25, 0.3) is 11.8 Å². The van der Waals surface area contributed by atoms with Gasteiger partial charge in [0.05, 0.1) is 11.3 Å². The smallest absolute Gasteiger partial charge is 0.253 e. The van der Waals surface area contributed by atoms with E-state index in [1.54, 1.807) is 54.6 Å². The van der Waals surface area contributed by atoms with E-state index in [0.29, 0.717) is 22.9 Å². The third-order valence-corrected chi connectivity index (χ3v) is 4.85. The van der Waals surface area contributed by atoms with Gasteiger partial charge in [0.2, 0.25) is 5.91 Å². The van der Waals surface area contributed by atoms with E-state index in [-0.39, 0.29) is 23.8 Å². The maximum Gasteiger partial charge on any atom is 0.253 e. The van der Waals surface area contributed by atoms with E-state index in [1.165, 1.54) is 6.08 Å². The lowest BCUT2D eigenvalue weighted by Gasteiger charge is -2.10. The molecule has 0 heterocycles. The van der Waals surface area contributed by atoms with E-state index < -0.39 is 0 Å². The molecule has 3 amide bonds. The molecule has 3 N–H and O–H groups in total. The second kappa shape index (κ2) is 8.31. The normalized spacial score (nSPS) is 15.7. The Morgan fingerprint density at radius 3 is 2.07 bits per heavy atom. The molecular formula is C23H23N3O3. The van der Waals surface area contributed by atoms with Crippen molar-refractivity contribution in [3.05, 3.63) is 71.3 Å². The van der Waals surface area contributed by atoms with Crippen LogP contribution in [0.2, 0.25) is 0 Å². The lowest BCUT2D eigenvalue weighted by atomic mass is 10.1. The van der Waals surface area contributed by atoms with Crippen LogP contribution in [0.1, 0.15) is 52.0 Å². The molecular weight excluding hydrogens is 366 g/mol. The Hall–Kier alpha value is -3.41. The van der Waals surface area contributed by atoms with Gasteiger partial charge >= 0.3 is 0 Å². The number of amides is 3. The highest BCUT2D eigenvalue weighted by Crippen LogP contribution is 2.22. The molecule has 2 aromatic rings. The van der Waals surface area contributed by atoms with Gasteiger partial charge in [-0.05, 0) is 61.6 Å². The summed E-state index contributed by atoms with van der Waals surface area (Å²) in [6, 6.07) is 14.6. The molecule has 6 nitrogen and oxygen atoms in total. The Bertz CT molecular complexity index is 958. The van der Waals surface area contributed by atoms with Gasteiger partial charge in [0, 0.05) is 23.7 Å². The van der Waals surface area contributed by atoms with Gasteiger partial charge in [-0.15, -0.1) is 0 Å². The van der Waals surface area contributed by atoms with Gasteiger partial charge in [0.1, 0.15) is 0 Å². The molecule has 2 aliphatic carbocycles. The Morgan fingerprint density at radius 2 is 1.41 bits per heavy atom. The molecule has 0 spiro atoms. The molecule has 4 rings (SSSR count). The van der Waals surface area contributed by atoms with E-state index in [2.05, 4.69) is 16.0 Å². The molecule has 0 aromatic heterocycles. The van der Waals surface area contributed by atoms with Crippen LogP contribution in [0, 0.1) is 0 Å². The van der Waals surface area contributed by atoms with Gasteiger partial charge in [-0.1, -0.05) is 24.3 Å². The average molecular weight is 389 g/mol. The van der Waals surface area contributed by atoms with Crippen LogP contribution in [-0.4, -0.2) is 29.8 Å². The molecule has 29 heavy (non-hydrogen) atoms. The lowest BCUT2D eigenvalue weighted by Crippen LogP contribution is -2.26. The summed E-state index contributed by atoms with van der Waals surface area (Å²) in [5.74, 6) is -0.568. The zero-order valence-corrected chi connectivity index (χ0v) is 16.0. The first kappa shape index (κ1) is 18.9. The molecule has 0 aliphatic heterocycles. The molecule has 148 valence electrons. The first-order chi connectivity index (χ1) is 14.1. The number of carbonyl (C=O) groups is 3. The van der Waals surface area contributed by atoms with Crippen LogP contribution < -0.4 is 16.0 Å². The molecule has 0 atom stereocenters. The first-order valence-electron chi connectivity index (χ1n) is 9.88. The highest BCUT2D eigenvalue weighted by atomic mass is 16.2. The third-order valence-electron chi connectivity index (χ3n) is 4.85. The molecule has 2 fully saturated rings. The van der Waals surface area contributed by atoms with Gasteiger partial charge in [0.15, 0.2) is 0 Å². The predicted molar refractivity (Wildman–Crippen MR) is 112 cm³/mol. The van der Waals surface area contributed by atoms with Crippen LogP contribution in [0.25, 0.3) is 6.08 Å². The van der Waals surface area contributed by atoms with Crippen LogP contribution in [-0.2, 0) is 4.79 Å².